The van der Waals surface area contributed by atoms with Gasteiger partial charge in [-0.15, -0.1) is 0 Å². The maximum absolute atomic E-state index is 12.9. The van der Waals surface area contributed by atoms with E-state index in [-0.39, 0.29) is 28.8 Å². The largest absolute Gasteiger partial charge is 0.458 e. The van der Waals surface area contributed by atoms with Gasteiger partial charge in [-0.1, -0.05) is 25.7 Å². The van der Waals surface area contributed by atoms with Gasteiger partial charge in [0.15, 0.2) is 5.78 Å². The second-order valence-corrected chi connectivity index (χ2v) is 7.99. The van der Waals surface area contributed by atoms with Crippen LogP contribution in [0.5, 0.6) is 0 Å². The Morgan fingerprint density at radius 1 is 1.48 bits per heavy atom. The summed E-state index contributed by atoms with van der Waals surface area (Å²) in [7, 11) is 0. The van der Waals surface area contributed by atoms with E-state index in [9.17, 15) is 19.5 Å². The summed E-state index contributed by atoms with van der Waals surface area (Å²) in [5.74, 6) is -2.01. The quantitative estimate of drug-likeness (QED) is 0.601. The van der Waals surface area contributed by atoms with Gasteiger partial charge in [0.2, 0.25) is 0 Å². The third kappa shape index (κ3) is 2.87. The first-order valence-corrected chi connectivity index (χ1v) is 9.30. The fraction of sp³-hybridized carbons (Fsp3) is 0.571. The van der Waals surface area contributed by atoms with Gasteiger partial charge in [-0.25, -0.2) is 9.59 Å². The van der Waals surface area contributed by atoms with Gasteiger partial charge in [0, 0.05) is 5.57 Å². The standard InChI is InChI=1S/C21H26O6/c1-6-13(12(4)22)20(25)27-18-17-11(3)19(24)26-15(17)9-10(2)14-7-8-16(23)21(14,18)5/h6-8,10,12,14-15,17-18,22H,3,9H2,1-2,4-5H3/b13-6+/t10-,12?,14+,15-,17-,18+,21+/m1/s1. The van der Waals surface area contributed by atoms with Crippen molar-refractivity contribution in [2.75, 3.05) is 0 Å². The number of carbonyl (C=O) groups excluding carboxylic acids is 3. The van der Waals surface area contributed by atoms with Crippen molar-refractivity contribution in [3.8, 4) is 0 Å². The predicted molar refractivity (Wildman–Crippen MR) is 97.4 cm³/mol. The highest BCUT2D eigenvalue weighted by Crippen LogP contribution is 2.54. The minimum Gasteiger partial charge on any atom is -0.458 e. The molecule has 0 aromatic carbocycles. The molecular formula is C21H26O6. The number of ketones is 1. The van der Waals surface area contributed by atoms with Crippen LogP contribution in [0.15, 0.2) is 36.0 Å². The molecule has 1 saturated heterocycles. The predicted octanol–water partition coefficient (Wildman–Crippen LogP) is 2.12. The van der Waals surface area contributed by atoms with Crippen molar-refractivity contribution in [3.05, 3.63) is 36.0 Å². The molecule has 3 rings (SSSR count). The van der Waals surface area contributed by atoms with Crippen LogP contribution in [0.4, 0.5) is 0 Å². The lowest BCUT2D eigenvalue weighted by Gasteiger charge is -2.39. The van der Waals surface area contributed by atoms with Crippen molar-refractivity contribution >= 4 is 17.7 Å². The molecule has 2 aliphatic carbocycles. The molecule has 0 radical (unpaired) electrons. The monoisotopic (exact) mass is 374 g/mol. The molecule has 0 bridgehead atoms. The third-order valence-corrected chi connectivity index (χ3v) is 6.37. The Morgan fingerprint density at radius 3 is 2.74 bits per heavy atom. The average molecular weight is 374 g/mol. The molecule has 1 saturated carbocycles. The summed E-state index contributed by atoms with van der Waals surface area (Å²) in [6.45, 7) is 10.8. The fourth-order valence-corrected chi connectivity index (χ4v) is 4.86. The SMILES string of the molecule is C=C1C(=O)O[C@@H]2C[C@@H](C)[C@@H]3C=CC(=O)[C@@]3(C)[C@@H](OC(=O)/C(=C/C)C(C)O)[C@H]12. The third-order valence-electron chi connectivity index (χ3n) is 6.37. The van der Waals surface area contributed by atoms with Crippen molar-refractivity contribution in [1.82, 2.24) is 0 Å². The van der Waals surface area contributed by atoms with E-state index in [0.717, 1.165) is 0 Å². The number of rotatable bonds is 3. The number of aliphatic hydroxyl groups is 1. The molecule has 6 nitrogen and oxygen atoms in total. The fourth-order valence-electron chi connectivity index (χ4n) is 4.86. The molecule has 0 aromatic heterocycles. The molecule has 3 aliphatic rings. The van der Waals surface area contributed by atoms with E-state index in [0.29, 0.717) is 6.42 Å². The molecule has 0 aromatic rings. The number of aliphatic hydroxyl groups excluding tert-OH is 1. The van der Waals surface area contributed by atoms with Gasteiger partial charge in [0.1, 0.15) is 12.2 Å². The van der Waals surface area contributed by atoms with Crippen LogP contribution in [0, 0.1) is 23.2 Å². The van der Waals surface area contributed by atoms with E-state index in [1.54, 1.807) is 13.8 Å². The highest BCUT2D eigenvalue weighted by atomic mass is 16.6. The van der Waals surface area contributed by atoms with Crippen molar-refractivity contribution in [2.45, 2.75) is 52.4 Å². The Bertz CT molecular complexity index is 761. The van der Waals surface area contributed by atoms with Crippen molar-refractivity contribution in [3.63, 3.8) is 0 Å². The van der Waals surface area contributed by atoms with E-state index in [4.69, 9.17) is 9.47 Å². The second-order valence-electron chi connectivity index (χ2n) is 7.99. The number of carbonyl (C=O) groups is 3. The summed E-state index contributed by atoms with van der Waals surface area (Å²) in [5.41, 5.74) is -0.674. The maximum atomic E-state index is 12.9. The van der Waals surface area contributed by atoms with Crippen LogP contribution in [0.25, 0.3) is 0 Å². The van der Waals surface area contributed by atoms with E-state index in [1.165, 1.54) is 19.1 Å². The first kappa shape index (κ1) is 19.5. The first-order valence-electron chi connectivity index (χ1n) is 9.30. The van der Waals surface area contributed by atoms with E-state index >= 15 is 0 Å². The molecule has 2 fully saturated rings. The van der Waals surface area contributed by atoms with Crippen molar-refractivity contribution < 1.29 is 29.0 Å². The molecule has 27 heavy (non-hydrogen) atoms. The molecular weight excluding hydrogens is 348 g/mol. The Kier molecular flexibility index (Phi) is 4.89. The zero-order valence-corrected chi connectivity index (χ0v) is 16.1. The van der Waals surface area contributed by atoms with E-state index in [2.05, 4.69) is 6.58 Å². The van der Waals surface area contributed by atoms with Crippen molar-refractivity contribution in [1.29, 1.82) is 0 Å². The zero-order valence-electron chi connectivity index (χ0n) is 16.1. The molecule has 1 N–H and O–H groups in total. The van der Waals surface area contributed by atoms with Crippen LogP contribution >= 0.6 is 0 Å². The molecule has 1 aliphatic heterocycles. The van der Waals surface area contributed by atoms with Crippen LogP contribution in [0.2, 0.25) is 0 Å². The lowest BCUT2D eigenvalue weighted by Crippen LogP contribution is -2.49. The topological polar surface area (TPSA) is 89.9 Å². The number of fused-ring (bicyclic) bond motifs is 2. The van der Waals surface area contributed by atoms with E-state index < -0.39 is 41.6 Å². The maximum Gasteiger partial charge on any atom is 0.336 e. The normalized spacial score (nSPS) is 39.5. The smallest absolute Gasteiger partial charge is 0.336 e. The van der Waals surface area contributed by atoms with Gasteiger partial charge in [-0.05, 0) is 45.1 Å². The minimum absolute atomic E-state index is 0.0607. The van der Waals surface area contributed by atoms with Crippen LogP contribution in [0.3, 0.4) is 0 Å². The number of allylic oxidation sites excluding steroid dienone is 3. The van der Waals surface area contributed by atoms with Crippen LogP contribution in [-0.4, -0.2) is 41.1 Å². The molecule has 7 atom stereocenters. The minimum atomic E-state index is -1.01. The molecule has 0 spiro atoms. The number of ether oxygens (including phenoxy) is 2. The molecule has 146 valence electrons. The summed E-state index contributed by atoms with van der Waals surface area (Å²) in [6.07, 6.45) is 3.06. The van der Waals surface area contributed by atoms with Crippen LogP contribution in [-0.2, 0) is 23.9 Å². The summed E-state index contributed by atoms with van der Waals surface area (Å²) < 4.78 is 11.3. The number of hydrogen-bond donors (Lipinski definition) is 1. The van der Waals surface area contributed by atoms with Crippen LogP contribution < -0.4 is 0 Å². The average Bonchev–Trinajstić information content (AvgIpc) is 3.00. The Labute approximate surface area is 158 Å². The molecule has 1 unspecified atom stereocenters. The van der Waals surface area contributed by atoms with Crippen molar-refractivity contribution in [2.24, 2.45) is 23.2 Å². The summed E-state index contributed by atoms with van der Waals surface area (Å²) in [6, 6.07) is 0. The summed E-state index contributed by atoms with van der Waals surface area (Å²) >= 11 is 0. The Morgan fingerprint density at radius 2 is 2.15 bits per heavy atom. The number of hydrogen-bond acceptors (Lipinski definition) is 6. The lowest BCUT2D eigenvalue weighted by atomic mass is 9.67. The molecule has 0 amide bonds. The Hall–Kier alpha value is -2.21. The van der Waals surface area contributed by atoms with Gasteiger partial charge in [0.05, 0.1) is 23.0 Å². The van der Waals surface area contributed by atoms with Gasteiger partial charge < -0.3 is 14.6 Å². The number of esters is 2. The summed E-state index contributed by atoms with van der Waals surface area (Å²) in [5, 5.41) is 9.85. The highest BCUT2D eigenvalue weighted by Gasteiger charge is 2.62. The Balaban J connectivity index is 2.07. The first-order chi connectivity index (χ1) is 12.6. The zero-order chi connectivity index (χ0) is 20.1. The molecule has 1 heterocycles. The molecule has 6 heteroatoms. The second kappa shape index (κ2) is 6.75. The van der Waals surface area contributed by atoms with E-state index in [1.807, 2.05) is 13.0 Å². The highest BCUT2D eigenvalue weighted by molar-refractivity contribution is 5.99. The van der Waals surface area contributed by atoms with Gasteiger partial charge in [0.25, 0.3) is 0 Å². The van der Waals surface area contributed by atoms with Gasteiger partial charge >= 0.3 is 11.9 Å². The van der Waals surface area contributed by atoms with Gasteiger partial charge in [-0.3, -0.25) is 4.79 Å². The van der Waals surface area contributed by atoms with Gasteiger partial charge in [-0.2, -0.15) is 0 Å². The van der Waals surface area contributed by atoms with Crippen LogP contribution in [0.1, 0.15) is 34.1 Å². The summed E-state index contributed by atoms with van der Waals surface area (Å²) in [4.78, 5) is 37.8. The lowest BCUT2D eigenvalue weighted by molar-refractivity contribution is -0.161.